The summed E-state index contributed by atoms with van der Waals surface area (Å²) in [5.74, 6) is -1.18. The van der Waals surface area contributed by atoms with Gasteiger partial charge in [-0.15, -0.1) is 0 Å². The normalized spacial score (nSPS) is 15.2. The van der Waals surface area contributed by atoms with Crippen LogP contribution in [-0.4, -0.2) is 35.8 Å². The van der Waals surface area contributed by atoms with Crippen molar-refractivity contribution in [2.45, 2.75) is 37.6 Å². The monoisotopic (exact) mass is 546 g/mol. The van der Waals surface area contributed by atoms with E-state index in [-0.39, 0.29) is 11.8 Å². The summed E-state index contributed by atoms with van der Waals surface area (Å²) in [4.78, 5) is 44.3. The molecule has 0 unspecified atom stereocenters. The minimum absolute atomic E-state index is 0.359. The van der Waals surface area contributed by atoms with Crippen molar-refractivity contribution in [3.63, 3.8) is 0 Å². The Bertz CT molecular complexity index is 1400. The largest absolute Gasteiger partial charge is 0.462 e. The number of nitrogens with zero attached hydrogens (tertiary/aromatic N) is 2. The maximum atomic E-state index is 13.9. The van der Waals surface area contributed by atoms with E-state index in [2.05, 4.69) is 12.1 Å². The molecule has 2 amide bonds. The lowest BCUT2D eigenvalue weighted by Gasteiger charge is -2.31. The van der Waals surface area contributed by atoms with Gasteiger partial charge in [0.1, 0.15) is 10.6 Å². The van der Waals surface area contributed by atoms with Crippen LogP contribution in [0.3, 0.4) is 0 Å². The van der Waals surface area contributed by atoms with Gasteiger partial charge in [-0.25, -0.2) is 9.69 Å². The molecule has 8 heteroatoms. The number of anilines is 1. The molecule has 0 aromatic heterocycles. The van der Waals surface area contributed by atoms with Crippen molar-refractivity contribution in [3.8, 4) is 0 Å². The first-order valence-electron chi connectivity index (χ1n) is 12.6. The number of imide groups is 1. The van der Waals surface area contributed by atoms with E-state index in [1.165, 1.54) is 22.2 Å². The number of fused-ring (bicyclic) bond motifs is 1. The lowest BCUT2D eigenvalue weighted by molar-refractivity contribution is -0.121. The Morgan fingerprint density at radius 1 is 0.947 bits per heavy atom. The van der Waals surface area contributed by atoms with Gasteiger partial charge in [0, 0.05) is 23.0 Å². The lowest BCUT2D eigenvalue weighted by atomic mass is 9.99. The minimum Gasteiger partial charge on any atom is -0.462 e. The van der Waals surface area contributed by atoms with Gasteiger partial charge in [-0.3, -0.25) is 9.59 Å². The quantitative estimate of drug-likeness (QED) is 0.189. The smallest absolute Gasteiger partial charge is 0.338 e. The number of carbonyl (C=O) groups is 3. The van der Waals surface area contributed by atoms with Gasteiger partial charge in [0.25, 0.3) is 11.8 Å². The molecule has 0 bridgehead atoms. The number of hydrogen-bond acceptors (Lipinski definition) is 6. The molecule has 0 atom stereocenters. The third kappa shape index (κ3) is 5.35. The van der Waals surface area contributed by atoms with E-state index < -0.39 is 5.97 Å². The fourth-order valence-corrected chi connectivity index (χ4v) is 5.68. The second kappa shape index (κ2) is 11.5. The Kier molecular flexibility index (Phi) is 7.86. The molecule has 0 N–H and O–H groups in total. The molecule has 5 rings (SSSR count). The van der Waals surface area contributed by atoms with E-state index >= 15 is 0 Å². The van der Waals surface area contributed by atoms with Crippen LogP contribution in [0.5, 0.6) is 0 Å². The summed E-state index contributed by atoms with van der Waals surface area (Å²) in [6.45, 7) is 3.56. The molecule has 0 aliphatic carbocycles. The van der Waals surface area contributed by atoms with E-state index in [9.17, 15) is 14.4 Å². The van der Waals surface area contributed by atoms with Crippen LogP contribution in [0.1, 0.15) is 41.3 Å². The predicted octanol–water partition coefficient (Wildman–Crippen LogP) is 6.23. The van der Waals surface area contributed by atoms with Crippen molar-refractivity contribution in [1.82, 2.24) is 4.90 Å². The van der Waals surface area contributed by atoms with Gasteiger partial charge in [0.2, 0.25) is 0 Å². The van der Waals surface area contributed by atoms with Crippen LogP contribution in [0, 0.1) is 0 Å². The van der Waals surface area contributed by atoms with Crippen molar-refractivity contribution >= 4 is 46.8 Å². The molecule has 3 aromatic rings. The zero-order valence-electron chi connectivity index (χ0n) is 21.0. The van der Waals surface area contributed by atoms with Gasteiger partial charge in [-0.05, 0) is 72.5 Å². The zero-order chi connectivity index (χ0) is 26.6. The predicted molar refractivity (Wildman–Crippen MR) is 149 cm³/mol. The maximum Gasteiger partial charge on any atom is 0.338 e. The number of hydrogen-bond donors (Lipinski definition) is 0. The van der Waals surface area contributed by atoms with Crippen LogP contribution in [0.25, 0.3) is 0 Å². The topological polar surface area (TPSA) is 66.9 Å². The summed E-state index contributed by atoms with van der Waals surface area (Å²) in [5, 5.41) is 0.597. The number of esters is 1. The number of amides is 2. The number of benzene rings is 3. The van der Waals surface area contributed by atoms with Crippen LogP contribution in [0.4, 0.5) is 5.69 Å². The molecule has 0 saturated carbocycles. The molecule has 6 nitrogen and oxygen atoms in total. The highest BCUT2D eigenvalue weighted by atomic mass is 35.5. The highest BCUT2D eigenvalue weighted by Gasteiger charge is 2.43. The molecule has 2 heterocycles. The van der Waals surface area contributed by atoms with Gasteiger partial charge in [0.05, 0.1) is 17.9 Å². The third-order valence-electron chi connectivity index (χ3n) is 6.59. The summed E-state index contributed by atoms with van der Waals surface area (Å²) >= 11 is 7.33. The standard InChI is InChI=1S/C30H27ClN2O4S/c1-2-3-18-37-30(36)21-8-12-24(13-9-21)33-28(34)26(32-17-16-20-6-4-5-7-22(20)19-32)27(29(33)35)38-25-14-10-23(31)11-15-25/h4-15H,2-3,16-19H2,1H3. The maximum absolute atomic E-state index is 13.9. The highest BCUT2D eigenvalue weighted by molar-refractivity contribution is 8.04. The lowest BCUT2D eigenvalue weighted by Crippen LogP contribution is -2.37. The Labute approximate surface area is 231 Å². The first-order valence-corrected chi connectivity index (χ1v) is 13.8. The van der Waals surface area contributed by atoms with Gasteiger partial charge in [-0.1, -0.05) is 61.0 Å². The van der Waals surface area contributed by atoms with E-state index in [0.29, 0.717) is 46.6 Å². The first-order chi connectivity index (χ1) is 18.5. The van der Waals surface area contributed by atoms with E-state index in [4.69, 9.17) is 16.3 Å². The second-order valence-electron chi connectivity index (χ2n) is 9.16. The Morgan fingerprint density at radius 3 is 2.37 bits per heavy atom. The number of unbranched alkanes of at least 4 members (excludes halogenated alkanes) is 1. The average molecular weight is 547 g/mol. The van der Waals surface area contributed by atoms with Gasteiger partial charge in [0.15, 0.2) is 0 Å². The Balaban J connectivity index is 1.45. The van der Waals surface area contributed by atoms with Crippen molar-refractivity contribution < 1.29 is 19.1 Å². The molecule has 0 fully saturated rings. The summed E-state index contributed by atoms with van der Waals surface area (Å²) in [6, 6.07) is 21.8. The number of carbonyl (C=O) groups excluding carboxylic acids is 3. The molecule has 3 aromatic carbocycles. The van der Waals surface area contributed by atoms with Gasteiger partial charge >= 0.3 is 5.97 Å². The van der Waals surface area contributed by atoms with Crippen LogP contribution < -0.4 is 4.90 Å². The second-order valence-corrected chi connectivity index (χ2v) is 10.7. The molecule has 0 radical (unpaired) electrons. The van der Waals surface area contributed by atoms with Crippen LogP contribution in [0.2, 0.25) is 5.02 Å². The number of ether oxygens (including phenoxy) is 1. The van der Waals surface area contributed by atoms with E-state index in [1.807, 2.05) is 36.1 Å². The fourth-order valence-electron chi connectivity index (χ4n) is 4.55. The molecular formula is C30H27ClN2O4S. The molecule has 0 saturated heterocycles. The number of halogens is 1. The van der Waals surface area contributed by atoms with E-state index in [1.54, 1.807) is 36.4 Å². The zero-order valence-corrected chi connectivity index (χ0v) is 22.6. The van der Waals surface area contributed by atoms with Crippen LogP contribution >= 0.6 is 23.4 Å². The molecule has 2 aliphatic heterocycles. The Hall–Kier alpha value is -3.55. The fraction of sp³-hybridized carbons (Fsp3) is 0.233. The molecular weight excluding hydrogens is 520 g/mol. The molecule has 38 heavy (non-hydrogen) atoms. The minimum atomic E-state index is -0.422. The van der Waals surface area contributed by atoms with Crippen molar-refractivity contribution in [3.05, 3.63) is 105 Å². The van der Waals surface area contributed by atoms with Gasteiger partial charge < -0.3 is 9.64 Å². The molecule has 194 valence electrons. The summed E-state index contributed by atoms with van der Waals surface area (Å²) in [7, 11) is 0. The Morgan fingerprint density at radius 2 is 1.66 bits per heavy atom. The first kappa shape index (κ1) is 26.1. The summed E-state index contributed by atoms with van der Waals surface area (Å²) in [6.07, 6.45) is 2.51. The van der Waals surface area contributed by atoms with Crippen molar-refractivity contribution in [1.29, 1.82) is 0 Å². The summed E-state index contributed by atoms with van der Waals surface area (Å²) in [5.41, 5.74) is 3.58. The van der Waals surface area contributed by atoms with Crippen molar-refractivity contribution in [2.24, 2.45) is 0 Å². The van der Waals surface area contributed by atoms with Crippen LogP contribution in [0.15, 0.2) is 88.3 Å². The average Bonchev–Trinajstić information content (AvgIpc) is 3.18. The SMILES string of the molecule is CCCCOC(=O)c1ccc(N2C(=O)C(Sc3ccc(Cl)cc3)=C(N3CCc4ccccc4C3)C2=O)cc1. The van der Waals surface area contributed by atoms with E-state index in [0.717, 1.165) is 29.7 Å². The molecule has 2 aliphatic rings. The van der Waals surface area contributed by atoms with Crippen LogP contribution in [-0.2, 0) is 27.3 Å². The molecule has 0 spiro atoms. The van der Waals surface area contributed by atoms with Gasteiger partial charge in [-0.2, -0.15) is 0 Å². The third-order valence-corrected chi connectivity index (χ3v) is 7.92. The highest BCUT2D eigenvalue weighted by Crippen LogP contribution is 2.40. The summed E-state index contributed by atoms with van der Waals surface area (Å²) < 4.78 is 5.28. The van der Waals surface area contributed by atoms with Crippen molar-refractivity contribution in [2.75, 3.05) is 18.1 Å². The number of rotatable bonds is 8. The number of thioether (sulfide) groups is 1.